The fourth-order valence-electron chi connectivity index (χ4n) is 1.97. The van der Waals surface area contributed by atoms with Crippen LogP contribution in [0.4, 0.5) is 0 Å². The summed E-state index contributed by atoms with van der Waals surface area (Å²) in [5.41, 5.74) is -1.40. The van der Waals surface area contributed by atoms with E-state index in [1.807, 2.05) is 35.0 Å². The van der Waals surface area contributed by atoms with Crippen molar-refractivity contribution in [2.45, 2.75) is 44.5 Å². The monoisotopic (exact) mass is 354 g/mol. The van der Waals surface area contributed by atoms with Gasteiger partial charge in [0.1, 0.15) is 0 Å². The highest BCUT2D eigenvalue weighted by Crippen LogP contribution is 2.46. The predicted octanol–water partition coefficient (Wildman–Crippen LogP) is 5.16. The Bertz CT molecular complexity index is 591. The van der Waals surface area contributed by atoms with E-state index in [0.29, 0.717) is 0 Å². The van der Waals surface area contributed by atoms with Gasteiger partial charge in [-0.1, -0.05) is 32.9 Å². The summed E-state index contributed by atoms with van der Waals surface area (Å²) in [6.07, 6.45) is 0. The van der Waals surface area contributed by atoms with Crippen LogP contribution in [-0.2, 0) is 14.8 Å². The van der Waals surface area contributed by atoms with E-state index in [9.17, 15) is 9.90 Å². The second-order valence-electron chi connectivity index (χ2n) is 6.80. The first-order valence-corrected chi connectivity index (χ1v) is 11.8. The lowest BCUT2D eigenvalue weighted by Gasteiger charge is -2.43. The minimum absolute atomic E-state index is 0.0672. The first kappa shape index (κ1) is 17.4. The molecule has 0 spiro atoms. The van der Waals surface area contributed by atoms with Crippen LogP contribution in [0.3, 0.4) is 0 Å². The number of hydrogen-bond acceptors (Lipinski definition) is 4. The molecule has 2 rings (SSSR count). The molecule has 0 radical (unpaired) electrons. The second kappa shape index (κ2) is 5.92. The highest BCUT2D eigenvalue weighted by Gasteiger charge is 2.52. The van der Waals surface area contributed by atoms with Crippen LogP contribution >= 0.6 is 22.7 Å². The minimum Gasteiger partial charge on any atom is -0.479 e. The van der Waals surface area contributed by atoms with Gasteiger partial charge in [-0.25, -0.2) is 4.79 Å². The molecule has 2 heterocycles. The van der Waals surface area contributed by atoms with Gasteiger partial charge in [-0.2, -0.15) is 0 Å². The van der Waals surface area contributed by atoms with E-state index in [1.54, 1.807) is 0 Å². The summed E-state index contributed by atoms with van der Waals surface area (Å²) >= 11 is 2.86. The van der Waals surface area contributed by atoms with Crippen LogP contribution in [0.25, 0.3) is 0 Å². The van der Waals surface area contributed by atoms with E-state index in [4.69, 9.17) is 4.43 Å². The molecule has 0 bridgehead atoms. The predicted molar refractivity (Wildman–Crippen MR) is 95.3 cm³/mol. The molecule has 22 heavy (non-hydrogen) atoms. The van der Waals surface area contributed by atoms with Gasteiger partial charge in [0.15, 0.2) is 8.32 Å². The zero-order valence-corrected chi connectivity index (χ0v) is 16.2. The highest BCUT2D eigenvalue weighted by atomic mass is 32.1. The third-order valence-electron chi connectivity index (χ3n) is 4.25. The van der Waals surface area contributed by atoms with E-state index in [-0.39, 0.29) is 5.04 Å². The molecule has 1 N–H and O–H groups in total. The van der Waals surface area contributed by atoms with Crippen molar-refractivity contribution in [3.63, 3.8) is 0 Å². The van der Waals surface area contributed by atoms with Gasteiger partial charge in [0, 0.05) is 0 Å². The largest absolute Gasteiger partial charge is 0.479 e. The summed E-state index contributed by atoms with van der Waals surface area (Å²) in [5, 5.41) is 13.8. The van der Waals surface area contributed by atoms with Crippen molar-refractivity contribution in [3.05, 3.63) is 44.8 Å². The Morgan fingerprint density at radius 3 is 1.82 bits per heavy atom. The number of carboxylic acids is 1. The Labute approximate surface area is 140 Å². The number of rotatable bonds is 5. The Kier molecular flexibility index (Phi) is 4.68. The Hall–Kier alpha value is -0.953. The number of aliphatic carboxylic acids is 1. The maximum atomic E-state index is 12.3. The second-order valence-corrected chi connectivity index (χ2v) is 13.4. The van der Waals surface area contributed by atoms with Crippen molar-refractivity contribution in [1.82, 2.24) is 0 Å². The standard InChI is InChI=1S/C16H22O3S2Si/c1-15(2,3)22(4,5)19-16(14(17)18,12-8-6-10-20-12)13-9-7-11-21-13/h6-11H,1-5H3,(H,17,18). The summed E-state index contributed by atoms with van der Waals surface area (Å²) < 4.78 is 6.50. The Morgan fingerprint density at radius 1 is 1.09 bits per heavy atom. The van der Waals surface area contributed by atoms with Crippen LogP contribution in [0.15, 0.2) is 35.0 Å². The van der Waals surface area contributed by atoms with Gasteiger partial charge in [-0.15, -0.1) is 22.7 Å². The van der Waals surface area contributed by atoms with E-state index in [1.165, 1.54) is 22.7 Å². The lowest BCUT2D eigenvalue weighted by Crippen LogP contribution is -2.51. The molecule has 0 amide bonds. The Balaban J connectivity index is 2.63. The van der Waals surface area contributed by atoms with Gasteiger partial charge in [-0.3, -0.25) is 0 Å². The topological polar surface area (TPSA) is 46.5 Å². The fraction of sp³-hybridized carbons (Fsp3) is 0.438. The molecule has 0 aromatic carbocycles. The van der Waals surface area contributed by atoms with Gasteiger partial charge in [-0.05, 0) is 41.0 Å². The zero-order valence-electron chi connectivity index (χ0n) is 13.5. The van der Waals surface area contributed by atoms with Crippen LogP contribution in [0.1, 0.15) is 30.5 Å². The lowest BCUT2D eigenvalue weighted by molar-refractivity contribution is -0.152. The number of thiophene rings is 2. The molecule has 2 aromatic rings. The van der Waals surface area contributed by atoms with Crippen LogP contribution in [0.2, 0.25) is 18.1 Å². The number of hydrogen-bond donors (Lipinski definition) is 1. The molecule has 0 atom stereocenters. The average molecular weight is 355 g/mol. The van der Waals surface area contributed by atoms with Crippen molar-refractivity contribution in [2.24, 2.45) is 0 Å². The fourth-order valence-corrected chi connectivity index (χ4v) is 5.29. The van der Waals surface area contributed by atoms with Crippen molar-refractivity contribution in [1.29, 1.82) is 0 Å². The average Bonchev–Trinajstić information content (AvgIpc) is 3.07. The van der Waals surface area contributed by atoms with Crippen molar-refractivity contribution in [3.8, 4) is 0 Å². The van der Waals surface area contributed by atoms with E-state index in [2.05, 4.69) is 33.9 Å². The molecule has 0 saturated carbocycles. The quantitative estimate of drug-likeness (QED) is 0.754. The molecule has 6 heteroatoms. The smallest absolute Gasteiger partial charge is 0.346 e. The van der Waals surface area contributed by atoms with E-state index >= 15 is 0 Å². The van der Waals surface area contributed by atoms with Crippen LogP contribution in [0, 0.1) is 0 Å². The van der Waals surface area contributed by atoms with Crippen LogP contribution in [0.5, 0.6) is 0 Å². The van der Waals surface area contributed by atoms with Crippen LogP contribution < -0.4 is 0 Å². The van der Waals surface area contributed by atoms with Crippen molar-refractivity contribution < 1.29 is 14.3 Å². The third-order valence-corrected chi connectivity index (χ3v) is 10.6. The maximum Gasteiger partial charge on any atom is 0.346 e. The SMILES string of the molecule is CC(C)(C)[Si](C)(C)OC(C(=O)O)(c1cccs1)c1cccs1. The summed E-state index contributed by atoms with van der Waals surface area (Å²) in [6, 6.07) is 7.46. The number of carbonyl (C=O) groups is 1. The molecule has 0 unspecified atom stereocenters. The molecular weight excluding hydrogens is 332 g/mol. The van der Waals surface area contributed by atoms with E-state index < -0.39 is 19.9 Å². The summed E-state index contributed by atoms with van der Waals surface area (Å²) in [5.74, 6) is -0.942. The molecule has 0 aliphatic heterocycles. The normalized spacial score (nSPS) is 13.3. The van der Waals surface area contributed by atoms with E-state index in [0.717, 1.165) is 9.75 Å². The number of carboxylic acid groups (broad SMARTS) is 1. The summed E-state index contributed by atoms with van der Waals surface area (Å²) in [4.78, 5) is 13.8. The van der Waals surface area contributed by atoms with Gasteiger partial charge in [0.25, 0.3) is 0 Å². The van der Waals surface area contributed by atoms with Gasteiger partial charge in [0.2, 0.25) is 5.60 Å². The van der Waals surface area contributed by atoms with Gasteiger partial charge < -0.3 is 9.53 Å². The molecule has 120 valence electrons. The molecule has 3 nitrogen and oxygen atoms in total. The lowest BCUT2D eigenvalue weighted by atomic mass is 10.0. The minimum atomic E-state index is -2.28. The molecule has 0 saturated heterocycles. The molecule has 0 fully saturated rings. The molecular formula is C16H22O3S2Si. The summed E-state index contributed by atoms with van der Waals surface area (Å²) in [6.45, 7) is 10.5. The highest BCUT2D eigenvalue weighted by molar-refractivity contribution is 7.12. The maximum absolute atomic E-state index is 12.3. The Morgan fingerprint density at radius 2 is 1.55 bits per heavy atom. The third kappa shape index (κ3) is 2.93. The van der Waals surface area contributed by atoms with Gasteiger partial charge >= 0.3 is 5.97 Å². The van der Waals surface area contributed by atoms with Crippen molar-refractivity contribution >= 4 is 37.0 Å². The summed E-state index contributed by atoms with van der Waals surface area (Å²) in [7, 11) is -2.28. The molecule has 0 aliphatic rings. The first-order valence-electron chi connectivity index (χ1n) is 7.13. The van der Waals surface area contributed by atoms with Crippen LogP contribution in [-0.4, -0.2) is 19.4 Å². The van der Waals surface area contributed by atoms with Crippen molar-refractivity contribution in [2.75, 3.05) is 0 Å². The molecule has 0 aliphatic carbocycles. The zero-order chi connectivity index (χ0) is 16.6. The molecule has 2 aromatic heterocycles. The first-order chi connectivity index (χ1) is 10.1. The van der Waals surface area contributed by atoms with Gasteiger partial charge in [0.05, 0.1) is 9.75 Å².